The second-order valence-corrected chi connectivity index (χ2v) is 16.5. The fourth-order valence-electron chi connectivity index (χ4n) is 4.20. The number of carbonyl (C=O) groups excluding carboxylic acids is 1. The molecule has 3 heterocycles. The Morgan fingerprint density at radius 2 is 1.21 bits per heavy atom. The number of nitriles is 2. The number of aromatic nitrogens is 2. The summed E-state index contributed by atoms with van der Waals surface area (Å²) in [7, 11) is 1.34. The second-order valence-electron chi connectivity index (χ2n) is 14.4. The van der Waals surface area contributed by atoms with Gasteiger partial charge in [-0.25, -0.2) is 14.8 Å². The van der Waals surface area contributed by atoms with Crippen molar-refractivity contribution < 1.29 is 35.1 Å². The molecule has 5 N–H and O–H groups in total. The molecule has 4 aromatic rings. The summed E-state index contributed by atoms with van der Waals surface area (Å²) in [5.41, 5.74) is 3.53. The third kappa shape index (κ3) is 24.0. The zero-order valence-electron chi connectivity index (χ0n) is 32.9. The van der Waals surface area contributed by atoms with E-state index in [-0.39, 0.29) is 53.6 Å². The van der Waals surface area contributed by atoms with Crippen molar-refractivity contribution in [2.45, 2.75) is 97.2 Å². The molecule has 2 aromatic carbocycles. The van der Waals surface area contributed by atoms with Gasteiger partial charge in [0.2, 0.25) is 0 Å². The molecular weight excluding hydrogens is 670 g/mol. The van der Waals surface area contributed by atoms with Crippen molar-refractivity contribution >= 4 is 62.9 Å². The number of aliphatic hydroxyl groups excluding tert-OH is 1. The van der Waals surface area contributed by atoms with E-state index in [0.29, 0.717) is 26.7 Å². The van der Waals surface area contributed by atoms with Crippen LogP contribution in [0.4, 0.5) is 0 Å². The Labute approximate surface area is 329 Å². The molecule has 13 heteroatoms. The van der Waals surface area contributed by atoms with Crippen molar-refractivity contribution in [2.75, 3.05) is 20.3 Å². The van der Waals surface area contributed by atoms with Gasteiger partial charge in [0.15, 0.2) is 16.3 Å². The molecule has 0 aliphatic carbocycles. The zero-order valence-corrected chi connectivity index (χ0v) is 34.3. The number of pyridine rings is 2. The van der Waals surface area contributed by atoms with Crippen LogP contribution in [0.25, 0.3) is 21.8 Å². The van der Waals surface area contributed by atoms with E-state index in [1.54, 1.807) is 42.5 Å². The van der Waals surface area contributed by atoms with Gasteiger partial charge in [0.1, 0.15) is 23.5 Å². The molecule has 0 bridgehead atoms. The van der Waals surface area contributed by atoms with Crippen LogP contribution in [0.15, 0.2) is 60.7 Å². The Kier molecular flexibility index (Phi) is 26.1. The third-order valence-electron chi connectivity index (χ3n) is 5.72. The molecule has 278 valence electrons. The van der Waals surface area contributed by atoms with Gasteiger partial charge in [0, 0.05) is 42.8 Å². The molecule has 0 atom stereocenters. The molecule has 5 rings (SSSR count). The summed E-state index contributed by atoms with van der Waals surface area (Å²) in [5, 5.41) is 28.0. The zero-order chi connectivity index (χ0) is 37.3. The molecule has 1 aliphatic heterocycles. The van der Waals surface area contributed by atoms with Gasteiger partial charge in [-0.3, -0.25) is 0 Å². The van der Waals surface area contributed by atoms with Gasteiger partial charge in [-0.2, -0.15) is 10.5 Å². The van der Waals surface area contributed by atoms with Crippen molar-refractivity contribution in [3.63, 3.8) is 0 Å². The van der Waals surface area contributed by atoms with Crippen molar-refractivity contribution in [1.29, 1.82) is 10.5 Å². The summed E-state index contributed by atoms with van der Waals surface area (Å²) in [6.07, 6.45) is 2.56. The van der Waals surface area contributed by atoms with Crippen LogP contribution in [0.3, 0.4) is 0 Å². The summed E-state index contributed by atoms with van der Waals surface area (Å²) in [6.45, 7) is 21.0. The van der Waals surface area contributed by atoms with Crippen LogP contribution in [-0.2, 0) is 20.8 Å². The van der Waals surface area contributed by atoms with E-state index >= 15 is 0 Å². The smallest absolute Gasteiger partial charge is 0.337 e. The molecule has 2 aromatic heterocycles. The van der Waals surface area contributed by atoms with Gasteiger partial charge in [-0.15, -0.1) is 0 Å². The van der Waals surface area contributed by atoms with Crippen molar-refractivity contribution in [3.05, 3.63) is 83.2 Å². The average molecular weight is 727 g/mol. The Morgan fingerprint density at radius 1 is 0.788 bits per heavy atom. The first-order valence-electron chi connectivity index (χ1n) is 16.2. The maximum Gasteiger partial charge on any atom is 0.337 e. The summed E-state index contributed by atoms with van der Waals surface area (Å²) in [4.78, 5) is 19.5. The molecular formula is C39H56AlLiN4O7. The first-order chi connectivity index (χ1) is 22.8. The molecule has 0 spiro atoms. The van der Waals surface area contributed by atoms with Gasteiger partial charge in [0.05, 0.1) is 41.5 Å². The fourth-order valence-corrected chi connectivity index (χ4v) is 4.20. The maximum atomic E-state index is 11.3. The number of fused-ring (bicyclic) bond motifs is 2. The van der Waals surface area contributed by atoms with Gasteiger partial charge >= 0.3 is 5.97 Å². The van der Waals surface area contributed by atoms with E-state index in [1.807, 2.05) is 46.6 Å². The molecule has 0 unspecified atom stereocenters. The topological polar surface area (TPSA) is 201 Å². The quantitative estimate of drug-likeness (QED) is 0.191. The van der Waals surface area contributed by atoms with Gasteiger partial charge in [0.25, 0.3) is 0 Å². The van der Waals surface area contributed by atoms with Crippen LogP contribution in [0.5, 0.6) is 0 Å². The van der Waals surface area contributed by atoms with Crippen LogP contribution in [0, 0.1) is 22.7 Å². The molecule has 2 radical (unpaired) electrons. The summed E-state index contributed by atoms with van der Waals surface area (Å²) in [6, 6.07) is 21.3. The second kappa shape index (κ2) is 25.6. The standard InChI is InChI=1S/C12H8N2O2.C11H8N2O.C8H18O.C4H8O.C4H9.Al.Li.2H2O.H/c1-16-12(15)9-3-5-11-8(6-9)2-4-10(7-13)14-11;12-6-10-3-2-9-5-8(7-14)1-4-11(9)13-10;1-7(2,3)9-8(4,5)6;1-2-4-5-3-1;1-4(2)3;;;;;/h2-6H,1H3;1-5,14H,7H2;1-6H3;1-4H2;1-3H3;;;2*1H2;. The number of aliphatic hydroxyl groups is 1. The van der Waals surface area contributed by atoms with E-state index in [9.17, 15) is 4.79 Å². The monoisotopic (exact) mass is 726 g/mol. The van der Waals surface area contributed by atoms with Crippen molar-refractivity contribution in [2.24, 2.45) is 0 Å². The number of hydrogen-bond donors (Lipinski definition) is 1. The van der Waals surface area contributed by atoms with Crippen LogP contribution < -0.4 is 0 Å². The Balaban J connectivity index is -0.000000610. The molecule has 0 amide bonds. The van der Waals surface area contributed by atoms with Crippen molar-refractivity contribution in [1.82, 2.24) is 9.97 Å². The van der Waals surface area contributed by atoms with E-state index in [1.165, 1.54) is 20.0 Å². The first-order valence-corrected chi connectivity index (χ1v) is 16.9. The number of esters is 1. The largest absolute Gasteiger partial charge is 0.465 e. The predicted octanol–water partition coefficient (Wildman–Crippen LogP) is 5.96. The van der Waals surface area contributed by atoms with Gasteiger partial charge < -0.3 is 30.3 Å². The number of methoxy groups -OCH3 is 1. The number of carbonyl (C=O) groups is 1. The molecule has 1 fully saturated rings. The van der Waals surface area contributed by atoms with E-state index < -0.39 is 0 Å². The molecule has 1 aliphatic rings. The van der Waals surface area contributed by atoms with Crippen LogP contribution in [0.1, 0.15) is 102 Å². The third-order valence-corrected chi connectivity index (χ3v) is 5.72. The van der Waals surface area contributed by atoms with Crippen LogP contribution in [-0.4, -0.2) is 98.7 Å². The van der Waals surface area contributed by atoms with Gasteiger partial charge in [-0.1, -0.05) is 31.1 Å². The van der Waals surface area contributed by atoms with E-state index in [2.05, 4.69) is 77.0 Å². The maximum absolute atomic E-state index is 11.3. The molecule has 11 nitrogen and oxygen atoms in total. The predicted molar refractivity (Wildman–Crippen MR) is 211 cm³/mol. The minimum absolute atomic E-state index is 0. The average Bonchev–Trinajstić information content (AvgIpc) is 3.62. The fraction of sp³-hybridized carbons (Fsp3) is 0.462. The minimum Gasteiger partial charge on any atom is -0.465 e. The molecule has 1 saturated heterocycles. The van der Waals surface area contributed by atoms with Crippen molar-refractivity contribution in [3.8, 4) is 12.1 Å². The summed E-state index contributed by atoms with van der Waals surface area (Å²) >= 11 is 2.01. The minimum atomic E-state index is -0.383. The SMILES string of the molecule is C1CCOC1.CC(C)(C)OC(C)(C)C.COC(=O)c1ccc2nc(C#N)ccc2c1.C[C](C)(C)[AlH].N#Cc1ccc2cc(CO)ccc2n1.O.O.[Li]. The normalized spacial score (nSPS) is 11.6. The summed E-state index contributed by atoms with van der Waals surface area (Å²) < 4.78 is 15.7. The summed E-state index contributed by atoms with van der Waals surface area (Å²) in [5.74, 6) is -0.383. The Hall–Kier alpha value is -3.36. The van der Waals surface area contributed by atoms with E-state index in [4.69, 9.17) is 25.1 Å². The number of nitrogens with zero attached hydrogens (tertiary/aromatic N) is 4. The Morgan fingerprint density at radius 3 is 1.54 bits per heavy atom. The van der Waals surface area contributed by atoms with Gasteiger partial charge in [-0.05, 0) is 115 Å². The number of rotatable bonds is 2. The number of ether oxygens (including phenoxy) is 3. The van der Waals surface area contributed by atoms with E-state index in [0.717, 1.165) is 35.1 Å². The van der Waals surface area contributed by atoms with Crippen LogP contribution in [0.2, 0.25) is 4.28 Å². The first kappa shape index (κ1) is 53.0. The number of hydrogen-bond acceptors (Lipinski definition) is 9. The molecule has 0 saturated carbocycles. The number of benzene rings is 2. The Bertz CT molecular complexity index is 1690. The van der Waals surface area contributed by atoms with Crippen LogP contribution >= 0.6 is 0 Å². The molecule has 52 heavy (non-hydrogen) atoms.